The smallest absolute Gasteiger partial charge is 0.261 e. The monoisotopic (exact) mass is 438 g/mol. The predicted molar refractivity (Wildman–Crippen MR) is 112 cm³/mol. The molecule has 1 saturated heterocycles. The molecule has 1 aliphatic rings. The number of rotatable bonds is 8. The lowest BCUT2D eigenvalue weighted by atomic mass is 10.2. The Kier molecular flexibility index (Phi) is 6.50. The van der Waals surface area contributed by atoms with Crippen molar-refractivity contribution in [2.24, 2.45) is 0 Å². The number of hydrogen-bond donors (Lipinski definition) is 1. The molecule has 1 N–H and O–H groups in total. The largest absolute Gasteiger partial charge is 0.492 e. The summed E-state index contributed by atoms with van der Waals surface area (Å²) >= 11 is 0. The number of hydrogen-bond acceptors (Lipinski definition) is 5. The van der Waals surface area contributed by atoms with Crippen LogP contribution < -0.4 is 9.46 Å². The van der Waals surface area contributed by atoms with Crippen LogP contribution in [0.5, 0.6) is 5.75 Å². The van der Waals surface area contributed by atoms with Crippen molar-refractivity contribution in [1.29, 1.82) is 0 Å². The summed E-state index contributed by atoms with van der Waals surface area (Å²) in [6.45, 7) is 4.96. The summed E-state index contributed by atoms with van der Waals surface area (Å²) in [5, 5.41) is 0. The Morgan fingerprint density at radius 1 is 0.966 bits per heavy atom. The lowest BCUT2D eigenvalue weighted by molar-refractivity contribution is 0.330. The third-order valence-corrected chi connectivity index (χ3v) is 8.14. The van der Waals surface area contributed by atoms with Gasteiger partial charge in [-0.15, -0.1) is 0 Å². The molecule has 1 fully saturated rings. The topological polar surface area (TPSA) is 92.8 Å². The molecule has 0 bridgehead atoms. The van der Waals surface area contributed by atoms with Gasteiger partial charge in [-0.05, 0) is 62.1 Å². The molecule has 0 aromatic heterocycles. The summed E-state index contributed by atoms with van der Waals surface area (Å²) in [7, 11) is -7.61. The summed E-state index contributed by atoms with van der Waals surface area (Å²) in [6, 6.07) is 10.9. The number of ether oxygens (including phenoxy) is 1. The molecule has 0 radical (unpaired) electrons. The minimum absolute atomic E-state index is 0.0252. The molecule has 0 amide bonds. The molecule has 7 nitrogen and oxygen atoms in total. The van der Waals surface area contributed by atoms with Gasteiger partial charge in [0.15, 0.2) is 0 Å². The van der Waals surface area contributed by atoms with Gasteiger partial charge in [-0.25, -0.2) is 16.8 Å². The van der Waals surface area contributed by atoms with E-state index in [1.54, 1.807) is 19.1 Å². The Bertz CT molecular complexity index is 1060. The van der Waals surface area contributed by atoms with Crippen LogP contribution in [0.25, 0.3) is 0 Å². The number of aryl methyl sites for hydroxylation is 1. The van der Waals surface area contributed by atoms with Gasteiger partial charge >= 0.3 is 0 Å². The number of nitrogens with one attached hydrogen (secondary N) is 1. The second-order valence-electron chi connectivity index (χ2n) is 6.81. The van der Waals surface area contributed by atoms with Crippen LogP contribution in [0.4, 0.5) is 5.69 Å². The fraction of sp³-hybridized carbons (Fsp3) is 0.400. The first-order valence-electron chi connectivity index (χ1n) is 9.66. The van der Waals surface area contributed by atoms with Crippen LogP contribution in [0.2, 0.25) is 0 Å². The third-order valence-electron chi connectivity index (χ3n) is 4.82. The zero-order valence-electron chi connectivity index (χ0n) is 16.6. The molecule has 9 heteroatoms. The fourth-order valence-electron chi connectivity index (χ4n) is 3.23. The number of anilines is 1. The average molecular weight is 439 g/mol. The maximum Gasteiger partial charge on any atom is 0.261 e. The molecule has 1 aliphatic heterocycles. The molecule has 0 aliphatic carbocycles. The summed E-state index contributed by atoms with van der Waals surface area (Å²) in [6.07, 6.45) is 2.43. The minimum Gasteiger partial charge on any atom is -0.492 e. The summed E-state index contributed by atoms with van der Waals surface area (Å²) in [4.78, 5) is 0.0929. The van der Waals surface area contributed by atoms with E-state index in [0.717, 1.165) is 24.8 Å². The Balaban J connectivity index is 1.95. The van der Waals surface area contributed by atoms with E-state index in [9.17, 15) is 16.8 Å². The quantitative estimate of drug-likeness (QED) is 0.683. The van der Waals surface area contributed by atoms with Crippen molar-refractivity contribution in [2.75, 3.05) is 24.4 Å². The zero-order chi connectivity index (χ0) is 21.1. The van der Waals surface area contributed by atoms with Crippen molar-refractivity contribution in [3.8, 4) is 5.75 Å². The molecule has 158 valence electrons. The van der Waals surface area contributed by atoms with Crippen LogP contribution in [0.15, 0.2) is 52.3 Å². The molecule has 2 aromatic rings. The second-order valence-corrected chi connectivity index (χ2v) is 10.4. The predicted octanol–water partition coefficient (Wildman–Crippen LogP) is 3.23. The zero-order valence-corrected chi connectivity index (χ0v) is 18.2. The molecule has 2 aromatic carbocycles. The van der Waals surface area contributed by atoms with E-state index >= 15 is 0 Å². The van der Waals surface area contributed by atoms with Crippen LogP contribution in [0, 0.1) is 0 Å². The van der Waals surface area contributed by atoms with Crippen molar-refractivity contribution < 1.29 is 21.6 Å². The molecule has 0 unspecified atom stereocenters. The standard InChI is InChI=1S/C20H26N2O5S2/c1-3-16-7-10-18(11-8-16)28(23,24)21-17-9-12-19(27-4-2)20(15-17)29(25,26)22-13-5-6-14-22/h7-12,15,21H,3-6,13-14H2,1-2H3. The van der Waals surface area contributed by atoms with Gasteiger partial charge in [0, 0.05) is 13.1 Å². The lowest BCUT2D eigenvalue weighted by Crippen LogP contribution is -2.28. The third kappa shape index (κ3) is 4.73. The normalized spacial score (nSPS) is 15.4. The Hall–Kier alpha value is -2.10. The number of benzene rings is 2. The van der Waals surface area contributed by atoms with Crippen molar-refractivity contribution in [3.63, 3.8) is 0 Å². The van der Waals surface area contributed by atoms with E-state index in [4.69, 9.17) is 4.74 Å². The van der Waals surface area contributed by atoms with Gasteiger partial charge < -0.3 is 4.74 Å². The SMILES string of the molecule is CCOc1ccc(NS(=O)(=O)c2ccc(CC)cc2)cc1S(=O)(=O)N1CCCC1. The van der Waals surface area contributed by atoms with Crippen molar-refractivity contribution in [3.05, 3.63) is 48.0 Å². The molecular weight excluding hydrogens is 412 g/mol. The first kappa shape index (κ1) is 21.6. The molecular formula is C20H26N2O5S2. The highest BCUT2D eigenvalue weighted by Crippen LogP contribution is 2.32. The van der Waals surface area contributed by atoms with Crippen LogP contribution in [-0.2, 0) is 26.5 Å². The highest BCUT2D eigenvalue weighted by atomic mass is 32.2. The van der Waals surface area contributed by atoms with Gasteiger partial charge in [0.1, 0.15) is 10.6 Å². The molecule has 3 rings (SSSR count). The van der Waals surface area contributed by atoms with Crippen molar-refractivity contribution in [1.82, 2.24) is 4.31 Å². The fourth-order valence-corrected chi connectivity index (χ4v) is 5.96. The second kappa shape index (κ2) is 8.73. The number of nitrogens with zero attached hydrogens (tertiary/aromatic N) is 1. The molecule has 0 saturated carbocycles. The lowest BCUT2D eigenvalue weighted by Gasteiger charge is -2.19. The first-order chi connectivity index (χ1) is 13.8. The molecule has 0 atom stereocenters. The van der Waals surface area contributed by atoms with Gasteiger partial charge in [-0.2, -0.15) is 4.31 Å². The van der Waals surface area contributed by atoms with Gasteiger partial charge in [0.2, 0.25) is 10.0 Å². The molecule has 0 spiro atoms. The first-order valence-corrected chi connectivity index (χ1v) is 12.6. The van der Waals surface area contributed by atoms with Crippen molar-refractivity contribution in [2.45, 2.75) is 42.9 Å². The van der Waals surface area contributed by atoms with E-state index in [-0.39, 0.29) is 21.2 Å². The van der Waals surface area contributed by atoms with Gasteiger partial charge in [-0.3, -0.25) is 4.72 Å². The van der Waals surface area contributed by atoms with Crippen LogP contribution in [0.3, 0.4) is 0 Å². The van der Waals surface area contributed by atoms with E-state index < -0.39 is 20.0 Å². The Morgan fingerprint density at radius 2 is 1.62 bits per heavy atom. The minimum atomic E-state index is -3.84. The summed E-state index contributed by atoms with van der Waals surface area (Å²) in [5.41, 5.74) is 1.20. The van der Waals surface area contributed by atoms with E-state index in [0.29, 0.717) is 19.7 Å². The van der Waals surface area contributed by atoms with Crippen LogP contribution in [-0.4, -0.2) is 40.8 Å². The van der Waals surface area contributed by atoms with Gasteiger partial charge in [0.25, 0.3) is 10.0 Å². The van der Waals surface area contributed by atoms with E-state index in [1.165, 1.54) is 34.6 Å². The van der Waals surface area contributed by atoms with Crippen molar-refractivity contribution >= 4 is 25.7 Å². The van der Waals surface area contributed by atoms with Gasteiger partial charge in [-0.1, -0.05) is 19.1 Å². The van der Waals surface area contributed by atoms with E-state index in [1.807, 2.05) is 6.92 Å². The Labute approximate surface area is 172 Å². The van der Waals surface area contributed by atoms with Crippen LogP contribution >= 0.6 is 0 Å². The maximum absolute atomic E-state index is 13.1. The average Bonchev–Trinajstić information content (AvgIpc) is 3.25. The highest BCUT2D eigenvalue weighted by molar-refractivity contribution is 7.92. The van der Waals surface area contributed by atoms with Crippen LogP contribution in [0.1, 0.15) is 32.3 Å². The molecule has 29 heavy (non-hydrogen) atoms. The van der Waals surface area contributed by atoms with E-state index in [2.05, 4.69) is 4.72 Å². The van der Waals surface area contributed by atoms with Gasteiger partial charge in [0.05, 0.1) is 17.2 Å². The Morgan fingerprint density at radius 3 is 2.21 bits per heavy atom. The maximum atomic E-state index is 13.1. The summed E-state index contributed by atoms with van der Waals surface area (Å²) in [5.74, 6) is 0.217. The molecule has 1 heterocycles. The summed E-state index contributed by atoms with van der Waals surface area (Å²) < 4.78 is 61.0. The highest BCUT2D eigenvalue weighted by Gasteiger charge is 2.30. The number of sulfonamides is 2.